The Bertz CT molecular complexity index is 501. The van der Waals surface area contributed by atoms with Crippen LogP contribution in [0.1, 0.15) is 16.6 Å². The van der Waals surface area contributed by atoms with Crippen LogP contribution in [0, 0.1) is 0 Å². The first kappa shape index (κ1) is 15.9. The van der Waals surface area contributed by atoms with E-state index in [0.29, 0.717) is 31.1 Å². The first-order valence-electron chi connectivity index (χ1n) is 6.28. The molecule has 0 aromatic carbocycles. The van der Waals surface area contributed by atoms with Crippen molar-refractivity contribution in [3.8, 4) is 0 Å². The van der Waals surface area contributed by atoms with Gasteiger partial charge in [0.05, 0.1) is 8.66 Å². The van der Waals surface area contributed by atoms with Gasteiger partial charge in [-0.15, -0.1) is 11.3 Å². The molecular formula is C12H15Br2N3O2S. The number of nitrogens with zero attached hydrogens (tertiary/aromatic N) is 1. The molecule has 0 bridgehead atoms. The van der Waals surface area contributed by atoms with E-state index in [-0.39, 0.29) is 11.8 Å². The molecule has 2 amide bonds. The minimum atomic E-state index is -0.448. The second-order valence-electron chi connectivity index (χ2n) is 4.35. The van der Waals surface area contributed by atoms with Gasteiger partial charge in [0.2, 0.25) is 5.91 Å². The predicted molar refractivity (Wildman–Crippen MR) is 86.1 cm³/mol. The summed E-state index contributed by atoms with van der Waals surface area (Å²) in [6.07, 6.45) is 0. The van der Waals surface area contributed by atoms with Gasteiger partial charge in [0.25, 0.3) is 5.91 Å². The van der Waals surface area contributed by atoms with E-state index in [1.807, 2.05) is 6.92 Å². The number of hydrogen-bond acceptors (Lipinski definition) is 4. The van der Waals surface area contributed by atoms with E-state index in [4.69, 9.17) is 0 Å². The first-order chi connectivity index (χ1) is 9.54. The zero-order valence-corrected chi connectivity index (χ0v) is 14.9. The minimum absolute atomic E-state index is 0.0980. The zero-order chi connectivity index (χ0) is 14.7. The highest BCUT2D eigenvalue weighted by Crippen LogP contribution is 2.33. The molecule has 1 saturated heterocycles. The van der Waals surface area contributed by atoms with Crippen molar-refractivity contribution < 1.29 is 9.59 Å². The van der Waals surface area contributed by atoms with Gasteiger partial charge in [0.15, 0.2) is 0 Å². The third kappa shape index (κ3) is 3.41. The molecule has 0 radical (unpaired) electrons. The molecule has 1 aromatic rings. The largest absolute Gasteiger partial charge is 0.355 e. The van der Waals surface area contributed by atoms with E-state index < -0.39 is 6.04 Å². The van der Waals surface area contributed by atoms with Crippen LogP contribution in [-0.4, -0.2) is 48.9 Å². The van der Waals surface area contributed by atoms with Crippen molar-refractivity contribution in [2.45, 2.75) is 13.0 Å². The highest BCUT2D eigenvalue weighted by molar-refractivity contribution is 9.13. The third-order valence-electron chi connectivity index (χ3n) is 3.01. The Morgan fingerprint density at radius 3 is 2.90 bits per heavy atom. The van der Waals surface area contributed by atoms with Crippen LogP contribution in [0.4, 0.5) is 0 Å². The molecule has 1 atom stereocenters. The summed E-state index contributed by atoms with van der Waals surface area (Å²) in [5.74, 6) is -0.207. The Kier molecular flexibility index (Phi) is 5.59. The molecule has 1 aliphatic rings. The highest BCUT2D eigenvalue weighted by atomic mass is 79.9. The molecule has 110 valence electrons. The molecule has 5 nitrogen and oxygen atoms in total. The Morgan fingerprint density at radius 2 is 2.30 bits per heavy atom. The maximum Gasteiger partial charge on any atom is 0.264 e. The molecule has 1 unspecified atom stereocenters. The molecule has 2 heterocycles. The van der Waals surface area contributed by atoms with Gasteiger partial charge in [-0.2, -0.15) is 0 Å². The van der Waals surface area contributed by atoms with Gasteiger partial charge in [0.1, 0.15) is 6.04 Å². The number of amides is 2. The van der Waals surface area contributed by atoms with E-state index in [9.17, 15) is 9.59 Å². The third-order valence-corrected chi connectivity index (χ3v) is 6.26. The molecule has 8 heteroatoms. The average Bonchev–Trinajstić information content (AvgIpc) is 2.78. The van der Waals surface area contributed by atoms with Crippen LogP contribution in [0.15, 0.2) is 14.3 Å². The summed E-state index contributed by atoms with van der Waals surface area (Å²) in [5, 5.41) is 5.94. The van der Waals surface area contributed by atoms with Gasteiger partial charge in [-0.05, 0) is 44.8 Å². The van der Waals surface area contributed by atoms with Crippen LogP contribution >= 0.6 is 43.2 Å². The van der Waals surface area contributed by atoms with Crippen molar-refractivity contribution in [3.63, 3.8) is 0 Å². The van der Waals surface area contributed by atoms with Gasteiger partial charge in [-0.1, -0.05) is 0 Å². The molecule has 0 spiro atoms. The van der Waals surface area contributed by atoms with Crippen molar-refractivity contribution in [3.05, 3.63) is 19.2 Å². The van der Waals surface area contributed by atoms with Crippen LogP contribution in [0.2, 0.25) is 0 Å². The number of hydrogen-bond donors (Lipinski definition) is 2. The molecule has 1 fully saturated rings. The summed E-state index contributed by atoms with van der Waals surface area (Å²) in [5.41, 5.74) is 0. The van der Waals surface area contributed by atoms with Crippen LogP contribution in [0.25, 0.3) is 0 Å². The number of carbonyl (C=O) groups is 2. The number of nitrogens with one attached hydrogen (secondary N) is 2. The summed E-state index contributed by atoms with van der Waals surface area (Å²) in [7, 11) is 0. The molecule has 2 rings (SSSR count). The zero-order valence-electron chi connectivity index (χ0n) is 10.9. The van der Waals surface area contributed by atoms with Crippen molar-refractivity contribution in [2.24, 2.45) is 0 Å². The number of halogens is 2. The fourth-order valence-electron chi connectivity index (χ4n) is 2.07. The Balaban J connectivity index is 2.19. The van der Waals surface area contributed by atoms with Crippen molar-refractivity contribution in [1.82, 2.24) is 15.5 Å². The molecule has 2 N–H and O–H groups in total. The van der Waals surface area contributed by atoms with Gasteiger partial charge in [-0.25, -0.2) is 0 Å². The number of rotatable bonds is 3. The van der Waals surface area contributed by atoms with Crippen LogP contribution in [0.5, 0.6) is 0 Å². The van der Waals surface area contributed by atoms with Crippen molar-refractivity contribution in [2.75, 3.05) is 26.2 Å². The van der Waals surface area contributed by atoms with Gasteiger partial charge < -0.3 is 15.5 Å². The average molecular weight is 425 g/mol. The van der Waals surface area contributed by atoms with Gasteiger partial charge in [-0.3, -0.25) is 9.59 Å². The number of carbonyl (C=O) groups excluding carboxylic acids is 2. The fraction of sp³-hybridized carbons (Fsp3) is 0.500. The second-order valence-corrected chi connectivity index (χ2v) is 7.57. The molecular weight excluding hydrogens is 410 g/mol. The highest BCUT2D eigenvalue weighted by Gasteiger charge is 2.33. The van der Waals surface area contributed by atoms with Gasteiger partial charge >= 0.3 is 0 Å². The normalized spacial score (nSPS) is 18.9. The fourth-order valence-corrected chi connectivity index (χ4v) is 4.06. The predicted octanol–water partition coefficient (Wildman–Crippen LogP) is 1.82. The molecule has 1 aromatic heterocycles. The maximum atomic E-state index is 12.6. The lowest BCUT2D eigenvalue weighted by atomic mass is 10.1. The van der Waals surface area contributed by atoms with Gasteiger partial charge in [0, 0.05) is 30.7 Å². The summed E-state index contributed by atoms with van der Waals surface area (Å²) < 4.78 is 1.74. The van der Waals surface area contributed by atoms with E-state index in [1.165, 1.54) is 11.3 Å². The quantitative estimate of drug-likeness (QED) is 0.777. The summed E-state index contributed by atoms with van der Waals surface area (Å²) >= 11 is 8.13. The Hall–Kier alpha value is -0.440. The smallest absolute Gasteiger partial charge is 0.264 e. The van der Waals surface area contributed by atoms with E-state index >= 15 is 0 Å². The van der Waals surface area contributed by atoms with E-state index in [1.54, 1.807) is 11.0 Å². The van der Waals surface area contributed by atoms with Crippen LogP contribution in [0.3, 0.4) is 0 Å². The van der Waals surface area contributed by atoms with Crippen LogP contribution < -0.4 is 10.6 Å². The summed E-state index contributed by atoms with van der Waals surface area (Å²) in [6.45, 7) is 4.16. The maximum absolute atomic E-state index is 12.6. The minimum Gasteiger partial charge on any atom is -0.355 e. The number of piperazine rings is 1. The Morgan fingerprint density at radius 1 is 1.55 bits per heavy atom. The second kappa shape index (κ2) is 7.02. The lowest BCUT2D eigenvalue weighted by Crippen LogP contribution is -2.59. The van der Waals surface area contributed by atoms with Crippen molar-refractivity contribution >= 4 is 55.0 Å². The molecule has 20 heavy (non-hydrogen) atoms. The lowest BCUT2D eigenvalue weighted by molar-refractivity contribution is -0.126. The SMILES string of the molecule is CCNC(=O)C1CNCCN1C(=O)c1cc(Br)c(Br)s1. The summed E-state index contributed by atoms with van der Waals surface area (Å²) in [4.78, 5) is 26.9. The lowest BCUT2D eigenvalue weighted by Gasteiger charge is -2.34. The monoisotopic (exact) mass is 423 g/mol. The summed E-state index contributed by atoms with van der Waals surface area (Å²) in [6, 6.07) is 1.34. The van der Waals surface area contributed by atoms with Crippen LogP contribution in [-0.2, 0) is 4.79 Å². The van der Waals surface area contributed by atoms with E-state index in [2.05, 4.69) is 42.5 Å². The standard InChI is InChI=1S/C12H15Br2N3O2S/c1-2-16-11(18)8-6-15-3-4-17(8)12(19)9-5-7(13)10(14)20-9/h5,8,15H,2-4,6H2,1H3,(H,16,18). The molecule has 0 aliphatic carbocycles. The Labute approximate surface area is 138 Å². The number of thiophene rings is 1. The van der Waals surface area contributed by atoms with E-state index in [0.717, 1.165) is 8.26 Å². The molecule has 1 aliphatic heterocycles. The first-order valence-corrected chi connectivity index (χ1v) is 8.69. The number of likely N-dealkylation sites (N-methyl/N-ethyl adjacent to an activating group) is 1. The topological polar surface area (TPSA) is 61.4 Å². The molecule has 0 saturated carbocycles. The van der Waals surface area contributed by atoms with Crippen molar-refractivity contribution in [1.29, 1.82) is 0 Å².